The van der Waals surface area contributed by atoms with E-state index in [0.717, 1.165) is 4.88 Å². The molecule has 0 aliphatic rings. The molecule has 7 nitrogen and oxygen atoms in total. The van der Waals surface area contributed by atoms with Crippen LogP contribution < -0.4 is 20.3 Å². The van der Waals surface area contributed by atoms with E-state index in [4.69, 9.17) is 9.47 Å². The molecule has 2 aromatic heterocycles. The van der Waals surface area contributed by atoms with Crippen LogP contribution in [0.4, 0.5) is 5.69 Å². The van der Waals surface area contributed by atoms with Crippen LogP contribution in [-0.4, -0.2) is 24.6 Å². The molecule has 4 rings (SSSR count). The summed E-state index contributed by atoms with van der Waals surface area (Å²) in [6, 6.07) is 21.7. The number of carbonyl (C=O) groups is 1. The molecule has 0 radical (unpaired) electrons. The molecule has 0 aliphatic heterocycles. The van der Waals surface area contributed by atoms with Gasteiger partial charge in [-0.25, -0.2) is 0 Å². The van der Waals surface area contributed by atoms with E-state index in [1.165, 1.54) is 18.4 Å². The first kappa shape index (κ1) is 21.9. The average Bonchev–Trinajstić information content (AvgIpc) is 3.38. The van der Waals surface area contributed by atoms with Crippen LogP contribution in [0.1, 0.15) is 5.56 Å². The number of ether oxygens (including phenoxy) is 2. The Labute approximate surface area is 193 Å². The summed E-state index contributed by atoms with van der Waals surface area (Å²) in [5.41, 5.74) is 1.95. The molecule has 0 atom stereocenters. The molecule has 2 N–H and O–H groups in total. The number of H-pyrrole nitrogens is 1. The normalized spacial score (nSPS) is 10.3. The summed E-state index contributed by atoms with van der Waals surface area (Å²) in [7, 11) is 1.48. The Morgan fingerprint density at radius 3 is 2.61 bits per heavy atom. The minimum Gasteiger partial charge on any atom is -0.493 e. The number of rotatable bonds is 7. The molecule has 0 aliphatic carbocycles. The number of amides is 1. The van der Waals surface area contributed by atoms with Gasteiger partial charge in [-0.05, 0) is 47.3 Å². The lowest BCUT2D eigenvalue weighted by Crippen LogP contribution is -2.20. The van der Waals surface area contributed by atoms with Gasteiger partial charge in [-0.3, -0.25) is 9.59 Å². The number of benzene rings is 2. The number of anilines is 1. The van der Waals surface area contributed by atoms with Crippen molar-refractivity contribution in [3.05, 3.63) is 88.0 Å². The summed E-state index contributed by atoms with van der Waals surface area (Å²) >= 11 is 1.49. The molecule has 0 saturated carbocycles. The highest BCUT2D eigenvalue weighted by atomic mass is 32.1. The molecule has 0 fully saturated rings. The maximum Gasteiger partial charge on any atom is 0.266 e. The Bertz CT molecular complexity index is 1370. The summed E-state index contributed by atoms with van der Waals surface area (Å²) < 4.78 is 11.1. The van der Waals surface area contributed by atoms with Crippen LogP contribution in [0.25, 0.3) is 21.7 Å². The monoisotopic (exact) mass is 457 g/mol. The number of nitrogens with one attached hydrogen (secondary N) is 2. The molecule has 0 unspecified atom stereocenters. The number of nitrogens with zero attached hydrogens (tertiary/aromatic N) is 1. The van der Waals surface area contributed by atoms with E-state index in [-0.39, 0.29) is 18.1 Å². The Balaban J connectivity index is 1.60. The molecule has 2 aromatic carbocycles. The van der Waals surface area contributed by atoms with E-state index >= 15 is 0 Å². The fourth-order valence-corrected chi connectivity index (χ4v) is 3.98. The first-order valence-corrected chi connectivity index (χ1v) is 10.8. The maximum absolute atomic E-state index is 12.5. The number of carbonyl (C=O) groups excluding carboxylic acids is 1. The van der Waals surface area contributed by atoms with Gasteiger partial charge in [0, 0.05) is 11.3 Å². The fourth-order valence-electron chi connectivity index (χ4n) is 3.28. The van der Waals surface area contributed by atoms with Gasteiger partial charge >= 0.3 is 0 Å². The molecular weight excluding hydrogens is 438 g/mol. The highest BCUT2D eigenvalue weighted by molar-refractivity contribution is 7.13. The van der Waals surface area contributed by atoms with Crippen molar-refractivity contribution >= 4 is 22.9 Å². The van der Waals surface area contributed by atoms with Crippen LogP contribution >= 0.6 is 11.3 Å². The van der Waals surface area contributed by atoms with E-state index in [0.29, 0.717) is 34.0 Å². The average molecular weight is 458 g/mol. The van der Waals surface area contributed by atoms with Crippen molar-refractivity contribution in [3.8, 4) is 39.3 Å². The largest absolute Gasteiger partial charge is 0.493 e. The van der Waals surface area contributed by atoms with Crippen LogP contribution in [0, 0.1) is 11.3 Å². The Kier molecular flexibility index (Phi) is 6.53. The number of aromatic amines is 1. The lowest BCUT2D eigenvalue weighted by Gasteiger charge is -2.13. The second-order valence-electron chi connectivity index (χ2n) is 6.96. The number of para-hydroxylation sites is 1. The third-order valence-electron chi connectivity index (χ3n) is 4.82. The van der Waals surface area contributed by atoms with Crippen molar-refractivity contribution in [1.82, 2.24) is 4.98 Å². The Morgan fingerprint density at radius 2 is 1.91 bits per heavy atom. The highest BCUT2D eigenvalue weighted by Gasteiger charge is 2.16. The zero-order valence-corrected chi connectivity index (χ0v) is 18.4. The summed E-state index contributed by atoms with van der Waals surface area (Å²) in [5, 5.41) is 14.2. The predicted molar refractivity (Wildman–Crippen MR) is 128 cm³/mol. The van der Waals surface area contributed by atoms with Gasteiger partial charge in [0.15, 0.2) is 18.1 Å². The van der Waals surface area contributed by atoms with Gasteiger partial charge in [-0.2, -0.15) is 5.26 Å². The number of methoxy groups -OCH3 is 1. The van der Waals surface area contributed by atoms with E-state index in [1.54, 1.807) is 36.4 Å². The number of pyridine rings is 1. The standard InChI is InChI=1S/C25H19N3O4S/c1-31-22-12-16(9-10-21(22)32-15-24(29)27-17-6-3-2-4-7-17)18-13-20(23-8-5-11-33-23)28-25(30)19(18)14-26/h2-13H,15H2,1H3,(H,27,29)(H,28,30). The second kappa shape index (κ2) is 9.85. The highest BCUT2D eigenvalue weighted by Crippen LogP contribution is 2.35. The van der Waals surface area contributed by atoms with Gasteiger partial charge < -0.3 is 19.8 Å². The zero-order valence-electron chi connectivity index (χ0n) is 17.6. The Hall–Kier alpha value is -4.35. The molecule has 33 heavy (non-hydrogen) atoms. The first-order chi connectivity index (χ1) is 16.1. The van der Waals surface area contributed by atoms with Crippen molar-refractivity contribution in [3.63, 3.8) is 0 Å². The van der Waals surface area contributed by atoms with Crippen LogP contribution in [0.3, 0.4) is 0 Å². The van der Waals surface area contributed by atoms with Gasteiger partial charge in [0.25, 0.3) is 11.5 Å². The van der Waals surface area contributed by atoms with Crippen LogP contribution in [0.5, 0.6) is 11.5 Å². The quantitative estimate of drug-likeness (QED) is 0.420. The van der Waals surface area contributed by atoms with E-state index < -0.39 is 5.56 Å². The van der Waals surface area contributed by atoms with E-state index in [9.17, 15) is 14.9 Å². The van der Waals surface area contributed by atoms with Crippen LogP contribution in [0.15, 0.2) is 76.9 Å². The minimum absolute atomic E-state index is 0.00765. The fraction of sp³-hybridized carbons (Fsp3) is 0.0800. The Morgan fingerprint density at radius 1 is 1.09 bits per heavy atom. The number of thiophene rings is 1. The summed E-state index contributed by atoms with van der Waals surface area (Å²) in [5.74, 6) is 0.433. The summed E-state index contributed by atoms with van der Waals surface area (Å²) in [6.07, 6.45) is 0. The smallest absolute Gasteiger partial charge is 0.266 e. The number of aromatic nitrogens is 1. The maximum atomic E-state index is 12.5. The molecular formula is C25H19N3O4S. The van der Waals surface area contributed by atoms with Crippen molar-refractivity contribution in [1.29, 1.82) is 5.26 Å². The number of hydrogen-bond donors (Lipinski definition) is 2. The zero-order chi connectivity index (χ0) is 23.2. The second-order valence-corrected chi connectivity index (χ2v) is 7.91. The van der Waals surface area contributed by atoms with Crippen molar-refractivity contribution in [2.45, 2.75) is 0 Å². The van der Waals surface area contributed by atoms with Crippen molar-refractivity contribution in [2.75, 3.05) is 19.0 Å². The third-order valence-corrected chi connectivity index (χ3v) is 5.73. The lowest BCUT2D eigenvalue weighted by molar-refractivity contribution is -0.118. The summed E-state index contributed by atoms with van der Waals surface area (Å²) in [4.78, 5) is 28.4. The molecule has 0 spiro atoms. The SMILES string of the molecule is COc1cc(-c2cc(-c3cccs3)[nH]c(=O)c2C#N)ccc1OCC(=O)Nc1ccccc1. The van der Waals surface area contributed by atoms with Crippen LogP contribution in [-0.2, 0) is 4.79 Å². The molecule has 0 saturated heterocycles. The molecule has 2 heterocycles. The predicted octanol–water partition coefficient (Wildman–Crippen LogP) is 4.67. The summed E-state index contributed by atoms with van der Waals surface area (Å²) in [6.45, 7) is -0.207. The van der Waals surface area contributed by atoms with Crippen molar-refractivity contribution < 1.29 is 14.3 Å². The van der Waals surface area contributed by atoms with Gasteiger partial charge in [0.05, 0.1) is 17.7 Å². The first-order valence-electron chi connectivity index (χ1n) is 9.96. The van der Waals surface area contributed by atoms with Gasteiger partial charge in [0.2, 0.25) is 0 Å². The van der Waals surface area contributed by atoms with Crippen molar-refractivity contribution in [2.24, 2.45) is 0 Å². The topological polar surface area (TPSA) is 104 Å². The number of nitriles is 1. The van der Waals surface area contributed by atoms with E-state index in [2.05, 4.69) is 10.3 Å². The third kappa shape index (κ3) is 4.95. The molecule has 0 bridgehead atoms. The molecule has 8 heteroatoms. The molecule has 164 valence electrons. The van der Waals surface area contributed by atoms with Crippen LogP contribution in [0.2, 0.25) is 0 Å². The lowest BCUT2D eigenvalue weighted by atomic mass is 10.00. The van der Waals surface area contributed by atoms with Gasteiger partial charge in [-0.15, -0.1) is 11.3 Å². The van der Waals surface area contributed by atoms with Gasteiger partial charge in [-0.1, -0.05) is 30.3 Å². The van der Waals surface area contributed by atoms with E-state index in [1.807, 2.05) is 41.8 Å². The number of hydrogen-bond acceptors (Lipinski definition) is 6. The molecule has 1 amide bonds. The molecule has 4 aromatic rings. The van der Waals surface area contributed by atoms with Gasteiger partial charge in [0.1, 0.15) is 11.6 Å². The minimum atomic E-state index is -0.463.